The summed E-state index contributed by atoms with van der Waals surface area (Å²) in [4.78, 5) is 39.5. The normalized spacial score (nSPS) is 23.4. The van der Waals surface area contributed by atoms with Crippen LogP contribution < -0.4 is 11.1 Å². The maximum absolute atomic E-state index is 12.5. The lowest BCUT2D eigenvalue weighted by molar-refractivity contribution is -0.144. The summed E-state index contributed by atoms with van der Waals surface area (Å²) in [6, 6.07) is -0.111. The van der Waals surface area contributed by atoms with Gasteiger partial charge in [-0.3, -0.25) is 14.4 Å². The van der Waals surface area contributed by atoms with Crippen molar-refractivity contribution in [2.45, 2.75) is 65.3 Å². The molecule has 3 fully saturated rings. The first-order valence-corrected chi connectivity index (χ1v) is 10.8. The predicted octanol–water partition coefficient (Wildman–Crippen LogP) is 1.36. The first kappa shape index (κ1) is 22.7. The summed E-state index contributed by atoms with van der Waals surface area (Å²) < 4.78 is 0. The Morgan fingerprint density at radius 1 is 1.07 bits per heavy atom. The minimum absolute atomic E-state index is 0.0212. The molecule has 1 aliphatic carbocycles. The van der Waals surface area contributed by atoms with Crippen molar-refractivity contribution in [1.82, 2.24) is 15.1 Å². The van der Waals surface area contributed by atoms with Gasteiger partial charge in [-0.05, 0) is 37.0 Å². The number of piperazine rings is 1. The van der Waals surface area contributed by atoms with Crippen LogP contribution in [0.3, 0.4) is 0 Å². The van der Waals surface area contributed by atoms with Gasteiger partial charge in [-0.25, -0.2) is 0 Å². The lowest BCUT2D eigenvalue weighted by atomic mass is 9.93. The summed E-state index contributed by atoms with van der Waals surface area (Å²) in [6.45, 7) is 9.36. The number of hydrogen-bond donors (Lipinski definition) is 2. The zero-order valence-electron chi connectivity index (χ0n) is 17.8. The van der Waals surface area contributed by atoms with Gasteiger partial charge in [-0.15, -0.1) is 0 Å². The number of carbonyl (C=O) groups excluding carboxylic acids is 3. The Labute approximate surface area is 169 Å². The number of primary amides is 1. The van der Waals surface area contributed by atoms with Gasteiger partial charge in [-0.2, -0.15) is 0 Å². The Balaban J connectivity index is 0.000000640. The fraction of sp³-hybridized carbons (Fsp3) is 0.857. The molecule has 7 heteroatoms. The molecule has 0 aromatic carbocycles. The predicted molar refractivity (Wildman–Crippen MR) is 109 cm³/mol. The van der Waals surface area contributed by atoms with E-state index >= 15 is 0 Å². The van der Waals surface area contributed by atoms with E-state index in [1.54, 1.807) is 4.90 Å². The van der Waals surface area contributed by atoms with Crippen molar-refractivity contribution >= 4 is 17.7 Å². The molecule has 2 heterocycles. The lowest BCUT2D eigenvalue weighted by Gasteiger charge is -2.36. The minimum Gasteiger partial charge on any atom is -0.370 e. The Morgan fingerprint density at radius 2 is 1.68 bits per heavy atom. The highest BCUT2D eigenvalue weighted by atomic mass is 16.2. The Morgan fingerprint density at radius 3 is 2.21 bits per heavy atom. The van der Waals surface area contributed by atoms with Crippen molar-refractivity contribution in [3.05, 3.63) is 0 Å². The van der Waals surface area contributed by atoms with E-state index in [0.717, 1.165) is 31.7 Å². The third-order valence-corrected chi connectivity index (χ3v) is 5.43. The number of nitrogens with one attached hydrogen (secondary N) is 1. The molecule has 3 aliphatic rings. The minimum atomic E-state index is -0.270. The molecule has 160 valence electrons. The van der Waals surface area contributed by atoms with Gasteiger partial charge in [0.15, 0.2) is 0 Å². The van der Waals surface area contributed by atoms with Crippen LogP contribution in [0.1, 0.15) is 59.3 Å². The molecular weight excluding hydrogens is 356 g/mol. The van der Waals surface area contributed by atoms with E-state index in [-0.39, 0.29) is 36.2 Å². The average Bonchev–Trinajstić information content (AvgIpc) is 3.42. The fourth-order valence-corrected chi connectivity index (χ4v) is 3.75. The lowest BCUT2D eigenvalue weighted by Crippen LogP contribution is -2.57. The molecule has 1 unspecified atom stereocenters. The monoisotopic (exact) mass is 394 g/mol. The number of hydrogen-bond acceptors (Lipinski definition) is 4. The van der Waals surface area contributed by atoms with E-state index in [1.807, 2.05) is 4.90 Å². The zero-order chi connectivity index (χ0) is 20.7. The van der Waals surface area contributed by atoms with Gasteiger partial charge < -0.3 is 20.9 Å². The third kappa shape index (κ3) is 7.78. The second-order valence-electron chi connectivity index (χ2n) is 9.17. The molecular formula is C21H38N4O3. The van der Waals surface area contributed by atoms with Crippen LogP contribution >= 0.6 is 0 Å². The number of amides is 3. The molecule has 2 saturated heterocycles. The van der Waals surface area contributed by atoms with Crippen LogP contribution in [0.5, 0.6) is 0 Å². The first-order chi connectivity index (χ1) is 13.3. The molecule has 7 nitrogen and oxygen atoms in total. The number of rotatable bonds is 6. The molecule has 3 amide bonds. The number of nitrogens with zero attached hydrogens (tertiary/aromatic N) is 2. The molecule has 0 aromatic heterocycles. The van der Waals surface area contributed by atoms with E-state index in [1.165, 1.54) is 12.8 Å². The molecule has 0 radical (unpaired) electrons. The molecule has 28 heavy (non-hydrogen) atoms. The maximum atomic E-state index is 12.5. The highest BCUT2D eigenvalue weighted by Crippen LogP contribution is 2.34. The molecule has 3 rings (SSSR count). The second kappa shape index (κ2) is 10.8. The zero-order valence-corrected chi connectivity index (χ0v) is 17.8. The summed E-state index contributed by atoms with van der Waals surface area (Å²) in [5.41, 5.74) is 5.24. The van der Waals surface area contributed by atoms with Crippen LogP contribution in [0.25, 0.3) is 0 Å². The standard InChI is InChI=1S/C17H28N4O3.C4H10/c18-15(22)10-13-3-6-20(7-4-13)16(23)11-21-8-5-19-14(17(21)24)9-12-1-2-12;1-4(2)3/h12-14,19H,1-11H2,(H2,18,22);4H,1-3H3. The van der Waals surface area contributed by atoms with Crippen LogP contribution in [0, 0.1) is 17.8 Å². The summed E-state index contributed by atoms with van der Waals surface area (Å²) in [6.07, 6.45) is 5.39. The van der Waals surface area contributed by atoms with Crippen molar-refractivity contribution in [2.75, 3.05) is 32.7 Å². The van der Waals surface area contributed by atoms with E-state index in [9.17, 15) is 14.4 Å². The topological polar surface area (TPSA) is 95.7 Å². The second-order valence-corrected chi connectivity index (χ2v) is 9.17. The molecule has 1 atom stereocenters. The molecule has 2 aliphatic heterocycles. The average molecular weight is 395 g/mol. The molecule has 0 bridgehead atoms. The Bertz CT molecular complexity index is 537. The fourth-order valence-electron chi connectivity index (χ4n) is 3.75. The van der Waals surface area contributed by atoms with Gasteiger partial charge in [0.05, 0.1) is 12.6 Å². The highest BCUT2D eigenvalue weighted by molar-refractivity contribution is 5.88. The van der Waals surface area contributed by atoms with E-state index < -0.39 is 0 Å². The molecule has 3 N–H and O–H groups in total. The van der Waals surface area contributed by atoms with E-state index in [2.05, 4.69) is 26.1 Å². The smallest absolute Gasteiger partial charge is 0.242 e. The summed E-state index contributed by atoms with van der Waals surface area (Å²) in [5.74, 6) is 1.63. The summed E-state index contributed by atoms with van der Waals surface area (Å²) in [5, 5.41) is 3.29. The summed E-state index contributed by atoms with van der Waals surface area (Å²) >= 11 is 0. The van der Waals surface area contributed by atoms with Crippen LogP contribution in [0.15, 0.2) is 0 Å². The number of carbonyl (C=O) groups is 3. The van der Waals surface area contributed by atoms with Gasteiger partial charge in [0, 0.05) is 32.6 Å². The van der Waals surface area contributed by atoms with Gasteiger partial charge in [0.2, 0.25) is 17.7 Å². The Hall–Kier alpha value is -1.63. The van der Waals surface area contributed by atoms with Crippen LogP contribution in [-0.2, 0) is 14.4 Å². The van der Waals surface area contributed by atoms with Crippen molar-refractivity contribution in [2.24, 2.45) is 23.5 Å². The molecule has 0 aromatic rings. The van der Waals surface area contributed by atoms with Crippen LogP contribution in [0.2, 0.25) is 0 Å². The quantitative estimate of drug-likeness (QED) is 0.711. The van der Waals surface area contributed by atoms with Gasteiger partial charge in [0.1, 0.15) is 0 Å². The Kier molecular flexibility index (Phi) is 8.73. The van der Waals surface area contributed by atoms with Crippen molar-refractivity contribution in [1.29, 1.82) is 0 Å². The SMILES string of the molecule is CC(C)C.NC(=O)CC1CCN(C(=O)CN2CCNC(CC3CC3)C2=O)CC1. The highest BCUT2D eigenvalue weighted by Gasteiger charge is 2.35. The first-order valence-electron chi connectivity index (χ1n) is 10.8. The van der Waals surface area contributed by atoms with Gasteiger partial charge in [0.25, 0.3) is 0 Å². The number of nitrogens with two attached hydrogens (primary N) is 1. The van der Waals surface area contributed by atoms with Crippen molar-refractivity contribution < 1.29 is 14.4 Å². The maximum Gasteiger partial charge on any atom is 0.242 e. The van der Waals surface area contributed by atoms with E-state index in [4.69, 9.17) is 5.73 Å². The van der Waals surface area contributed by atoms with Gasteiger partial charge >= 0.3 is 0 Å². The largest absolute Gasteiger partial charge is 0.370 e. The number of piperidine rings is 1. The van der Waals surface area contributed by atoms with Crippen LogP contribution in [-0.4, -0.2) is 66.3 Å². The van der Waals surface area contributed by atoms with Gasteiger partial charge in [-0.1, -0.05) is 33.6 Å². The van der Waals surface area contributed by atoms with Crippen molar-refractivity contribution in [3.63, 3.8) is 0 Å². The van der Waals surface area contributed by atoms with Crippen LogP contribution in [0.4, 0.5) is 0 Å². The third-order valence-electron chi connectivity index (χ3n) is 5.43. The van der Waals surface area contributed by atoms with Crippen molar-refractivity contribution in [3.8, 4) is 0 Å². The molecule has 1 saturated carbocycles. The summed E-state index contributed by atoms with van der Waals surface area (Å²) in [7, 11) is 0. The van der Waals surface area contributed by atoms with E-state index in [0.29, 0.717) is 32.0 Å². The molecule has 0 spiro atoms. The number of likely N-dealkylation sites (tertiary alicyclic amines) is 1.